The number of hydrogen-bond acceptors (Lipinski definition) is 5. The fourth-order valence-electron chi connectivity index (χ4n) is 1.66. The summed E-state index contributed by atoms with van der Waals surface area (Å²) in [6, 6.07) is 5.46. The summed E-state index contributed by atoms with van der Waals surface area (Å²) >= 11 is 1.32. The molecule has 84 valence electrons. The molecule has 0 atom stereocenters. The zero-order valence-corrected chi connectivity index (χ0v) is 9.39. The second-order valence-corrected chi connectivity index (χ2v) is 4.18. The predicted octanol–water partition coefficient (Wildman–Crippen LogP) is 0.952. The number of nitrogens with zero attached hydrogens (tertiary/aromatic N) is 4. The van der Waals surface area contributed by atoms with Crippen molar-refractivity contribution in [3.8, 4) is 10.7 Å². The minimum atomic E-state index is -0.533. The monoisotopic (exact) mass is 245 g/mol. The average Bonchev–Trinajstić information content (AvgIpc) is 2.95. The molecule has 0 unspecified atom stereocenters. The van der Waals surface area contributed by atoms with Gasteiger partial charge in [0.2, 0.25) is 0 Å². The Labute approximate surface area is 99.7 Å². The molecule has 0 aliphatic rings. The van der Waals surface area contributed by atoms with Gasteiger partial charge in [0.25, 0.3) is 5.91 Å². The van der Waals surface area contributed by atoms with Crippen molar-refractivity contribution in [2.45, 2.75) is 0 Å². The third-order valence-electron chi connectivity index (χ3n) is 2.33. The van der Waals surface area contributed by atoms with Crippen LogP contribution in [0.4, 0.5) is 0 Å². The first-order valence-electron chi connectivity index (χ1n) is 4.81. The van der Waals surface area contributed by atoms with Crippen molar-refractivity contribution >= 4 is 22.9 Å². The van der Waals surface area contributed by atoms with E-state index in [1.807, 2.05) is 12.1 Å². The smallest absolute Gasteiger partial charge is 0.268 e. The molecule has 6 nitrogen and oxygen atoms in total. The van der Waals surface area contributed by atoms with Gasteiger partial charge in [0.15, 0.2) is 5.01 Å². The molecule has 3 rings (SSSR count). The highest BCUT2D eigenvalue weighted by molar-refractivity contribution is 7.12. The van der Waals surface area contributed by atoms with Gasteiger partial charge < -0.3 is 5.73 Å². The zero-order chi connectivity index (χ0) is 11.8. The molecule has 3 aromatic rings. The number of carbonyl (C=O) groups is 1. The largest absolute Gasteiger partial charge is 0.364 e. The number of nitrogens with two attached hydrogens (primary N) is 1. The molecule has 0 spiro atoms. The molecule has 3 aromatic heterocycles. The standard InChI is InChI=1S/C10H7N5OS/c11-9(16)8-7(10-14-12-5-17-10)13-6-3-1-2-4-15(6)8/h1-5H,(H2,11,16). The molecular weight excluding hydrogens is 238 g/mol. The van der Waals surface area contributed by atoms with Crippen molar-refractivity contribution in [1.82, 2.24) is 19.6 Å². The van der Waals surface area contributed by atoms with E-state index < -0.39 is 5.91 Å². The number of carbonyl (C=O) groups excluding carboxylic acids is 1. The lowest BCUT2D eigenvalue weighted by Crippen LogP contribution is -2.14. The Morgan fingerprint density at radius 1 is 1.41 bits per heavy atom. The number of rotatable bonds is 2. The van der Waals surface area contributed by atoms with E-state index in [9.17, 15) is 4.79 Å². The number of amides is 1. The first kappa shape index (κ1) is 9.91. The van der Waals surface area contributed by atoms with Gasteiger partial charge >= 0.3 is 0 Å². The van der Waals surface area contributed by atoms with Gasteiger partial charge in [-0.15, -0.1) is 10.2 Å². The SMILES string of the molecule is NC(=O)c1c(-c2nncs2)nc2ccccn12. The van der Waals surface area contributed by atoms with Crippen LogP contribution in [-0.4, -0.2) is 25.5 Å². The highest BCUT2D eigenvalue weighted by Crippen LogP contribution is 2.24. The lowest BCUT2D eigenvalue weighted by atomic mass is 10.3. The summed E-state index contributed by atoms with van der Waals surface area (Å²) in [6.07, 6.45) is 1.74. The lowest BCUT2D eigenvalue weighted by Gasteiger charge is -1.97. The first-order valence-corrected chi connectivity index (χ1v) is 5.69. The number of hydrogen-bond donors (Lipinski definition) is 1. The highest BCUT2D eigenvalue weighted by atomic mass is 32.1. The Hall–Kier alpha value is -2.28. The minimum Gasteiger partial charge on any atom is -0.364 e. The van der Waals surface area contributed by atoms with Gasteiger partial charge in [-0.2, -0.15) is 0 Å². The van der Waals surface area contributed by atoms with E-state index >= 15 is 0 Å². The average molecular weight is 245 g/mol. The van der Waals surface area contributed by atoms with E-state index in [0.717, 1.165) is 0 Å². The summed E-state index contributed by atoms with van der Waals surface area (Å²) in [5.41, 5.74) is 8.44. The van der Waals surface area contributed by atoms with Crippen molar-refractivity contribution in [2.75, 3.05) is 0 Å². The van der Waals surface area contributed by atoms with Crippen LogP contribution in [0.2, 0.25) is 0 Å². The normalized spacial score (nSPS) is 10.8. The maximum Gasteiger partial charge on any atom is 0.268 e. The highest BCUT2D eigenvalue weighted by Gasteiger charge is 2.19. The van der Waals surface area contributed by atoms with Crippen LogP contribution >= 0.6 is 11.3 Å². The van der Waals surface area contributed by atoms with E-state index in [1.165, 1.54) is 11.3 Å². The van der Waals surface area contributed by atoms with Gasteiger partial charge in [0.05, 0.1) is 0 Å². The van der Waals surface area contributed by atoms with Crippen LogP contribution in [0.25, 0.3) is 16.3 Å². The van der Waals surface area contributed by atoms with Crippen LogP contribution < -0.4 is 5.73 Å². The molecule has 0 aliphatic heterocycles. The molecule has 17 heavy (non-hydrogen) atoms. The van der Waals surface area contributed by atoms with Crippen LogP contribution in [0.3, 0.4) is 0 Å². The zero-order valence-electron chi connectivity index (χ0n) is 8.57. The Morgan fingerprint density at radius 3 is 3.00 bits per heavy atom. The molecule has 0 saturated heterocycles. The summed E-state index contributed by atoms with van der Waals surface area (Å²) in [5.74, 6) is -0.533. The quantitative estimate of drug-likeness (QED) is 0.728. The fraction of sp³-hybridized carbons (Fsp3) is 0. The van der Waals surface area contributed by atoms with Crippen molar-refractivity contribution < 1.29 is 4.79 Å². The molecular formula is C10H7N5OS. The molecule has 0 radical (unpaired) electrons. The van der Waals surface area contributed by atoms with Crippen molar-refractivity contribution in [1.29, 1.82) is 0 Å². The topological polar surface area (TPSA) is 86.2 Å². The van der Waals surface area contributed by atoms with E-state index in [4.69, 9.17) is 5.73 Å². The molecule has 0 saturated carbocycles. The first-order chi connectivity index (χ1) is 8.27. The van der Waals surface area contributed by atoms with Gasteiger partial charge in [-0.3, -0.25) is 9.20 Å². The summed E-state index contributed by atoms with van der Waals surface area (Å²) in [6.45, 7) is 0. The summed E-state index contributed by atoms with van der Waals surface area (Å²) < 4.78 is 1.65. The molecule has 3 heterocycles. The van der Waals surface area contributed by atoms with Crippen LogP contribution in [0, 0.1) is 0 Å². The van der Waals surface area contributed by atoms with Gasteiger partial charge in [-0.25, -0.2) is 4.98 Å². The second-order valence-electron chi connectivity index (χ2n) is 3.35. The number of imidazole rings is 1. The second kappa shape index (κ2) is 3.63. The molecule has 2 N–H and O–H groups in total. The Morgan fingerprint density at radius 2 is 2.29 bits per heavy atom. The fourth-order valence-corrected chi connectivity index (χ4v) is 2.20. The van der Waals surface area contributed by atoms with Gasteiger partial charge in [-0.05, 0) is 12.1 Å². The lowest BCUT2D eigenvalue weighted by molar-refractivity contribution is 0.0995. The van der Waals surface area contributed by atoms with Gasteiger partial charge in [-0.1, -0.05) is 17.4 Å². The number of primary amides is 1. The summed E-state index contributed by atoms with van der Waals surface area (Å²) in [4.78, 5) is 15.9. The third kappa shape index (κ3) is 1.48. The Balaban J connectivity index is 2.38. The maximum absolute atomic E-state index is 11.5. The van der Waals surface area contributed by atoms with Crippen LogP contribution in [-0.2, 0) is 0 Å². The number of fused-ring (bicyclic) bond motifs is 1. The number of aromatic nitrogens is 4. The van der Waals surface area contributed by atoms with E-state index in [-0.39, 0.29) is 0 Å². The van der Waals surface area contributed by atoms with Crippen LogP contribution in [0.5, 0.6) is 0 Å². The van der Waals surface area contributed by atoms with Crippen molar-refractivity contribution in [3.05, 3.63) is 35.6 Å². The molecule has 1 amide bonds. The molecule has 0 aliphatic carbocycles. The van der Waals surface area contributed by atoms with Crippen molar-refractivity contribution in [2.24, 2.45) is 5.73 Å². The molecule has 0 fully saturated rings. The van der Waals surface area contributed by atoms with Gasteiger partial charge in [0, 0.05) is 6.20 Å². The van der Waals surface area contributed by atoms with Crippen molar-refractivity contribution in [3.63, 3.8) is 0 Å². The van der Waals surface area contributed by atoms with E-state index in [2.05, 4.69) is 15.2 Å². The Bertz CT molecular complexity index is 688. The van der Waals surface area contributed by atoms with E-state index in [0.29, 0.717) is 22.0 Å². The summed E-state index contributed by atoms with van der Waals surface area (Å²) in [5, 5.41) is 8.23. The van der Waals surface area contributed by atoms with E-state index in [1.54, 1.807) is 22.2 Å². The van der Waals surface area contributed by atoms with Gasteiger partial charge in [0.1, 0.15) is 22.5 Å². The summed E-state index contributed by atoms with van der Waals surface area (Å²) in [7, 11) is 0. The maximum atomic E-state index is 11.5. The third-order valence-corrected chi connectivity index (χ3v) is 3.02. The molecule has 7 heteroatoms. The Kier molecular flexibility index (Phi) is 2.12. The predicted molar refractivity (Wildman–Crippen MR) is 62.6 cm³/mol. The molecule has 0 bridgehead atoms. The number of pyridine rings is 1. The van der Waals surface area contributed by atoms with Crippen LogP contribution in [0.1, 0.15) is 10.5 Å². The minimum absolute atomic E-state index is 0.331. The van der Waals surface area contributed by atoms with Crippen LogP contribution in [0.15, 0.2) is 29.9 Å². The molecule has 0 aromatic carbocycles.